The van der Waals surface area contributed by atoms with Crippen LogP contribution in [0.25, 0.3) is 0 Å². The van der Waals surface area contributed by atoms with Gasteiger partial charge in [0.15, 0.2) is 0 Å². The lowest BCUT2D eigenvalue weighted by atomic mass is 9.96. The van der Waals surface area contributed by atoms with Gasteiger partial charge in [0.05, 0.1) is 0 Å². The summed E-state index contributed by atoms with van der Waals surface area (Å²) in [6, 6.07) is 0. The van der Waals surface area contributed by atoms with Crippen molar-refractivity contribution in [1.29, 1.82) is 0 Å². The van der Waals surface area contributed by atoms with E-state index in [1.807, 2.05) is 4.90 Å². The van der Waals surface area contributed by atoms with Gasteiger partial charge in [-0.05, 0) is 65.2 Å². The number of carbonyl (C=O) groups is 3. The largest absolute Gasteiger partial charge is 0.444 e. The fourth-order valence-corrected chi connectivity index (χ4v) is 3.24. The van der Waals surface area contributed by atoms with Gasteiger partial charge in [-0.15, -0.1) is 0 Å². The Kier molecular flexibility index (Phi) is 7.89. The van der Waals surface area contributed by atoms with Crippen LogP contribution in [0, 0.1) is 11.8 Å². The Balaban J connectivity index is 1.57. The summed E-state index contributed by atoms with van der Waals surface area (Å²) in [5, 5.41) is 5.51. The van der Waals surface area contributed by atoms with Crippen molar-refractivity contribution in [3.63, 3.8) is 0 Å². The molecule has 0 radical (unpaired) electrons. The highest BCUT2D eigenvalue weighted by Crippen LogP contribution is 2.36. The number of amides is 3. The van der Waals surface area contributed by atoms with Gasteiger partial charge in [0.25, 0.3) is 0 Å². The molecule has 0 aromatic rings. The molecule has 158 valence electrons. The van der Waals surface area contributed by atoms with E-state index in [0.717, 1.165) is 25.9 Å². The molecule has 0 aromatic carbocycles. The Labute approximate surface area is 168 Å². The highest BCUT2D eigenvalue weighted by atomic mass is 16.6. The Morgan fingerprint density at radius 2 is 1.71 bits per heavy atom. The van der Waals surface area contributed by atoms with E-state index in [1.165, 1.54) is 18.4 Å². The molecular formula is C21H35N3O4. The normalized spacial score (nSPS) is 18.6. The maximum atomic E-state index is 12.3. The zero-order valence-electron chi connectivity index (χ0n) is 17.7. The predicted octanol–water partition coefficient (Wildman–Crippen LogP) is 2.61. The molecule has 2 fully saturated rings. The Morgan fingerprint density at radius 3 is 2.29 bits per heavy atom. The highest BCUT2D eigenvalue weighted by molar-refractivity contribution is 5.88. The molecule has 1 heterocycles. The number of carbonyl (C=O) groups excluding carboxylic acids is 3. The molecule has 1 aliphatic carbocycles. The van der Waals surface area contributed by atoms with Crippen LogP contribution < -0.4 is 10.6 Å². The van der Waals surface area contributed by atoms with Crippen LogP contribution in [0.4, 0.5) is 4.79 Å². The average molecular weight is 394 g/mol. The van der Waals surface area contributed by atoms with Crippen molar-refractivity contribution < 1.29 is 19.1 Å². The number of hydrogen-bond donors (Lipinski definition) is 2. The molecule has 3 amide bonds. The summed E-state index contributed by atoms with van der Waals surface area (Å²) in [5.74, 6) is 1.06. The molecule has 0 atom stereocenters. The molecule has 2 aliphatic rings. The predicted molar refractivity (Wildman–Crippen MR) is 108 cm³/mol. The van der Waals surface area contributed by atoms with Crippen molar-refractivity contribution >= 4 is 17.9 Å². The third kappa shape index (κ3) is 8.31. The van der Waals surface area contributed by atoms with E-state index in [0.29, 0.717) is 18.4 Å². The van der Waals surface area contributed by atoms with Crippen molar-refractivity contribution in [3.8, 4) is 0 Å². The SMILES string of the molecule is C/C(=C\C(=O)N1CCC(CNC(=O)CCNC(=O)OC(C)(C)C)CC1)C1CC1. The first-order chi connectivity index (χ1) is 13.1. The van der Waals surface area contributed by atoms with Gasteiger partial charge in [-0.1, -0.05) is 5.57 Å². The van der Waals surface area contributed by atoms with Crippen LogP contribution in [0.2, 0.25) is 0 Å². The minimum absolute atomic E-state index is 0.0856. The molecule has 7 nitrogen and oxygen atoms in total. The number of ether oxygens (including phenoxy) is 1. The highest BCUT2D eigenvalue weighted by Gasteiger charge is 2.26. The maximum absolute atomic E-state index is 12.3. The quantitative estimate of drug-likeness (QED) is 0.651. The summed E-state index contributed by atoms with van der Waals surface area (Å²) in [6.45, 7) is 9.79. The van der Waals surface area contributed by atoms with Gasteiger partial charge in [0.2, 0.25) is 11.8 Å². The van der Waals surface area contributed by atoms with Crippen molar-refractivity contribution in [3.05, 3.63) is 11.6 Å². The van der Waals surface area contributed by atoms with E-state index in [9.17, 15) is 14.4 Å². The molecule has 2 N–H and O–H groups in total. The van der Waals surface area contributed by atoms with E-state index < -0.39 is 11.7 Å². The van der Waals surface area contributed by atoms with E-state index in [1.54, 1.807) is 26.8 Å². The van der Waals surface area contributed by atoms with E-state index in [-0.39, 0.29) is 24.8 Å². The second-order valence-corrected chi connectivity index (χ2v) is 8.91. The smallest absolute Gasteiger partial charge is 0.407 e. The van der Waals surface area contributed by atoms with E-state index in [4.69, 9.17) is 4.74 Å². The molecule has 0 unspecified atom stereocenters. The van der Waals surface area contributed by atoms with Gasteiger partial charge in [0.1, 0.15) is 5.60 Å². The number of hydrogen-bond acceptors (Lipinski definition) is 4. The van der Waals surface area contributed by atoms with Crippen LogP contribution >= 0.6 is 0 Å². The fraction of sp³-hybridized carbons (Fsp3) is 0.762. The number of rotatable bonds is 7. The zero-order valence-corrected chi connectivity index (χ0v) is 17.7. The molecule has 2 rings (SSSR count). The number of nitrogens with one attached hydrogen (secondary N) is 2. The van der Waals surface area contributed by atoms with Gasteiger partial charge in [-0.25, -0.2) is 4.79 Å². The van der Waals surface area contributed by atoms with E-state index >= 15 is 0 Å². The number of likely N-dealkylation sites (tertiary alicyclic amines) is 1. The van der Waals surface area contributed by atoms with Crippen molar-refractivity contribution in [2.45, 2.75) is 65.4 Å². The van der Waals surface area contributed by atoms with Crippen LogP contribution in [0.1, 0.15) is 59.8 Å². The lowest BCUT2D eigenvalue weighted by Gasteiger charge is -2.31. The molecule has 0 bridgehead atoms. The molecule has 1 saturated carbocycles. The zero-order chi connectivity index (χ0) is 20.7. The third-order valence-electron chi connectivity index (χ3n) is 5.11. The van der Waals surface area contributed by atoms with Crippen molar-refractivity contribution in [2.24, 2.45) is 11.8 Å². The maximum Gasteiger partial charge on any atom is 0.407 e. The summed E-state index contributed by atoms with van der Waals surface area (Å²) < 4.78 is 5.13. The van der Waals surface area contributed by atoms with Crippen LogP contribution in [0.3, 0.4) is 0 Å². The Bertz CT molecular complexity index is 597. The lowest BCUT2D eigenvalue weighted by molar-refractivity contribution is -0.127. The minimum Gasteiger partial charge on any atom is -0.444 e. The molecular weight excluding hydrogens is 358 g/mol. The topological polar surface area (TPSA) is 87.7 Å². The molecule has 1 aliphatic heterocycles. The third-order valence-corrected chi connectivity index (χ3v) is 5.11. The second kappa shape index (κ2) is 9.94. The molecule has 0 spiro atoms. The monoisotopic (exact) mass is 393 g/mol. The van der Waals surface area contributed by atoms with E-state index in [2.05, 4.69) is 17.6 Å². The van der Waals surface area contributed by atoms with Crippen LogP contribution in [-0.2, 0) is 14.3 Å². The fourth-order valence-electron chi connectivity index (χ4n) is 3.24. The van der Waals surface area contributed by atoms with Crippen LogP contribution in [-0.4, -0.2) is 54.6 Å². The molecule has 1 saturated heterocycles. The number of piperidine rings is 1. The molecule has 28 heavy (non-hydrogen) atoms. The van der Waals surface area contributed by atoms with Gasteiger partial charge >= 0.3 is 6.09 Å². The Morgan fingerprint density at radius 1 is 1.07 bits per heavy atom. The Hall–Kier alpha value is -2.05. The van der Waals surface area contributed by atoms with Gasteiger partial charge < -0.3 is 20.3 Å². The first kappa shape index (κ1) is 22.2. The standard InChI is InChI=1S/C21H35N3O4/c1-15(17-5-6-17)13-19(26)24-11-8-16(9-12-24)14-23-18(25)7-10-22-20(27)28-21(2,3)4/h13,16-17H,5-12,14H2,1-4H3,(H,22,27)(H,23,25)/b15-13+. The van der Waals surface area contributed by atoms with Crippen LogP contribution in [0.5, 0.6) is 0 Å². The average Bonchev–Trinajstić information content (AvgIpc) is 3.44. The number of allylic oxidation sites excluding steroid dienone is 1. The minimum atomic E-state index is -0.547. The summed E-state index contributed by atoms with van der Waals surface area (Å²) in [7, 11) is 0. The van der Waals surface area contributed by atoms with Gasteiger partial charge in [-0.3, -0.25) is 9.59 Å². The van der Waals surface area contributed by atoms with Crippen molar-refractivity contribution in [2.75, 3.05) is 26.2 Å². The van der Waals surface area contributed by atoms with Crippen LogP contribution in [0.15, 0.2) is 11.6 Å². The molecule has 0 aromatic heterocycles. The summed E-state index contributed by atoms with van der Waals surface area (Å²) >= 11 is 0. The second-order valence-electron chi connectivity index (χ2n) is 8.91. The number of nitrogens with zero attached hydrogens (tertiary/aromatic N) is 1. The summed E-state index contributed by atoms with van der Waals surface area (Å²) in [5.41, 5.74) is 0.661. The first-order valence-electron chi connectivity index (χ1n) is 10.3. The van der Waals surface area contributed by atoms with Gasteiger partial charge in [0, 0.05) is 38.7 Å². The number of alkyl carbamates (subject to hydrolysis) is 1. The molecule has 7 heteroatoms. The summed E-state index contributed by atoms with van der Waals surface area (Å²) in [6.07, 6.45) is 5.74. The first-order valence-corrected chi connectivity index (χ1v) is 10.3. The summed E-state index contributed by atoms with van der Waals surface area (Å²) in [4.78, 5) is 37.7. The van der Waals surface area contributed by atoms with Crippen molar-refractivity contribution in [1.82, 2.24) is 15.5 Å². The van der Waals surface area contributed by atoms with Gasteiger partial charge in [-0.2, -0.15) is 0 Å². The lowest BCUT2D eigenvalue weighted by Crippen LogP contribution is -2.41.